The maximum atomic E-state index is 6.28. The molecule has 3 rings (SSSR count). The highest BCUT2D eigenvalue weighted by atomic mass is 35.5. The summed E-state index contributed by atoms with van der Waals surface area (Å²) in [5.41, 5.74) is 1.13. The molecule has 0 bridgehead atoms. The minimum Gasteiger partial charge on any atom is -0.367 e. The van der Waals surface area contributed by atoms with Crippen LogP contribution in [-0.4, -0.2) is 38.2 Å². The van der Waals surface area contributed by atoms with Gasteiger partial charge in [0.25, 0.3) is 0 Å². The molecule has 0 amide bonds. The van der Waals surface area contributed by atoms with Crippen LogP contribution in [0.1, 0.15) is 4.88 Å². The number of hydrogen-bond acceptors (Lipinski definition) is 5. The van der Waals surface area contributed by atoms with Crippen LogP contribution < -0.4 is 15.1 Å². The largest absolute Gasteiger partial charge is 0.367 e. The molecule has 1 aliphatic rings. The lowest BCUT2D eigenvalue weighted by Crippen LogP contribution is -2.46. The molecule has 6 heteroatoms. The first kappa shape index (κ1) is 14.6. The molecule has 0 saturated carbocycles. The zero-order chi connectivity index (χ0) is 14.7. The molecule has 0 unspecified atom stereocenters. The van der Waals surface area contributed by atoms with Crippen LogP contribution in [0.3, 0.4) is 0 Å². The lowest BCUT2D eigenvalue weighted by atomic mass is 10.2. The van der Waals surface area contributed by atoms with Gasteiger partial charge >= 0.3 is 0 Å². The monoisotopic (exact) mass is 322 g/mol. The van der Waals surface area contributed by atoms with Gasteiger partial charge in [-0.05, 0) is 19.2 Å². The normalized spacial score (nSPS) is 15.5. The van der Waals surface area contributed by atoms with E-state index in [2.05, 4.69) is 26.2 Å². The first-order valence-corrected chi connectivity index (χ1v) is 8.31. The van der Waals surface area contributed by atoms with Crippen molar-refractivity contribution >= 4 is 33.8 Å². The van der Waals surface area contributed by atoms with Gasteiger partial charge in [-0.15, -0.1) is 11.3 Å². The van der Waals surface area contributed by atoms with Crippen molar-refractivity contribution < 1.29 is 0 Å². The van der Waals surface area contributed by atoms with Gasteiger partial charge in [-0.1, -0.05) is 23.7 Å². The molecule has 4 nitrogen and oxygen atoms in total. The van der Waals surface area contributed by atoms with Crippen molar-refractivity contribution in [1.82, 2.24) is 10.3 Å². The van der Waals surface area contributed by atoms with Gasteiger partial charge in [-0.25, -0.2) is 4.98 Å². The van der Waals surface area contributed by atoms with E-state index in [9.17, 15) is 0 Å². The quantitative estimate of drug-likeness (QED) is 0.938. The van der Waals surface area contributed by atoms with Gasteiger partial charge in [0.05, 0.1) is 10.7 Å². The molecular weight excluding hydrogens is 304 g/mol. The van der Waals surface area contributed by atoms with Crippen molar-refractivity contribution in [2.24, 2.45) is 0 Å². The van der Waals surface area contributed by atoms with Crippen LogP contribution in [0.2, 0.25) is 5.02 Å². The molecule has 0 atom stereocenters. The average molecular weight is 323 g/mol. The Hall–Kier alpha value is -1.30. The molecule has 21 heavy (non-hydrogen) atoms. The van der Waals surface area contributed by atoms with Crippen molar-refractivity contribution in [2.45, 2.75) is 6.54 Å². The summed E-state index contributed by atoms with van der Waals surface area (Å²) < 4.78 is 0. The molecule has 1 aromatic carbocycles. The van der Waals surface area contributed by atoms with Crippen LogP contribution in [0.15, 0.2) is 30.5 Å². The molecule has 0 radical (unpaired) electrons. The fourth-order valence-electron chi connectivity index (χ4n) is 2.55. The summed E-state index contributed by atoms with van der Waals surface area (Å²) in [6.07, 6.45) is 1.97. The molecule has 1 fully saturated rings. The van der Waals surface area contributed by atoms with E-state index >= 15 is 0 Å². The van der Waals surface area contributed by atoms with E-state index in [0.717, 1.165) is 48.6 Å². The van der Waals surface area contributed by atoms with Crippen molar-refractivity contribution in [1.29, 1.82) is 0 Å². The van der Waals surface area contributed by atoms with Crippen LogP contribution in [-0.2, 0) is 6.54 Å². The molecule has 1 aromatic heterocycles. The number of anilines is 2. The Morgan fingerprint density at radius 1 is 1.19 bits per heavy atom. The van der Waals surface area contributed by atoms with Crippen LogP contribution >= 0.6 is 22.9 Å². The van der Waals surface area contributed by atoms with Crippen LogP contribution in [0.5, 0.6) is 0 Å². The Kier molecular flexibility index (Phi) is 4.63. The molecule has 112 valence electrons. The third-order valence-electron chi connectivity index (χ3n) is 3.64. The third-order valence-corrected chi connectivity index (χ3v) is 5.01. The zero-order valence-corrected chi connectivity index (χ0v) is 13.6. The summed E-state index contributed by atoms with van der Waals surface area (Å²) in [5.74, 6) is 0. The first-order chi connectivity index (χ1) is 10.3. The van der Waals surface area contributed by atoms with E-state index in [1.54, 1.807) is 11.3 Å². The first-order valence-electron chi connectivity index (χ1n) is 7.11. The van der Waals surface area contributed by atoms with Gasteiger partial charge in [0, 0.05) is 43.8 Å². The average Bonchev–Trinajstić information content (AvgIpc) is 2.97. The second-order valence-electron chi connectivity index (χ2n) is 5.06. The van der Waals surface area contributed by atoms with Crippen LogP contribution in [0.4, 0.5) is 10.8 Å². The zero-order valence-electron chi connectivity index (χ0n) is 12.1. The predicted molar refractivity (Wildman–Crippen MR) is 90.8 cm³/mol. The van der Waals surface area contributed by atoms with Crippen molar-refractivity contribution in [2.75, 3.05) is 43.0 Å². The topological polar surface area (TPSA) is 31.4 Å². The number of nitrogens with zero attached hydrogens (tertiary/aromatic N) is 3. The summed E-state index contributed by atoms with van der Waals surface area (Å²) in [5, 5.41) is 5.12. The van der Waals surface area contributed by atoms with Gasteiger partial charge < -0.3 is 15.1 Å². The van der Waals surface area contributed by atoms with E-state index in [-0.39, 0.29) is 0 Å². The Bertz CT molecular complexity index is 593. The number of thiazole rings is 1. The fourth-order valence-corrected chi connectivity index (χ4v) is 3.77. The number of rotatable bonds is 4. The van der Waals surface area contributed by atoms with Crippen LogP contribution in [0, 0.1) is 0 Å². The molecule has 1 N–H and O–H groups in total. The summed E-state index contributed by atoms with van der Waals surface area (Å²) in [6.45, 7) is 4.81. The second-order valence-corrected chi connectivity index (χ2v) is 6.57. The Morgan fingerprint density at radius 2 is 1.90 bits per heavy atom. The maximum Gasteiger partial charge on any atom is 0.185 e. The Morgan fingerprint density at radius 3 is 2.62 bits per heavy atom. The number of halogens is 1. The van der Waals surface area contributed by atoms with Gasteiger partial charge in [-0.2, -0.15) is 0 Å². The van der Waals surface area contributed by atoms with Gasteiger partial charge in [-0.3, -0.25) is 0 Å². The van der Waals surface area contributed by atoms with Crippen molar-refractivity contribution in [3.05, 3.63) is 40.4 Å². The molecule has 1 saturated heterocycles. The summed E-state index contributed by atoms with van der Waals surface area (Å²) in [4.78, 5) is 10.5. The Labute approximate surface area is 134 Å². The SMILES string of the molecule is CNCc1cnc(N2CCN(c3ccccc3Cl)CC2)s1. The smallest absolute Gasteiger partial charge is 0.185 e. The van der Waals surface area contributed by atoms with Crippen LogP contribution in [0.25, 0.3) is 0 Å². The highest BCUT2D eigenvalue weighted by Crippen LogP contribution is 2.28. The standard InChI is InChI=1S/C15H19ClN4S/c1-17-10-12-11-18-15(21-12)20-8-6-19(7-9-20)14-5-3-2-4-13(14)16/h2-5,11,17H,6-10H2,1H3. The molecule has 0 spiro atoms. The summed E-state index contributed by atoms with van der Waals surface area (Å²) in [6, 6.07) is 8.06. The van der Waals surface area contributed by atoms with Crippen molar-refractivity contribution in [3.63, 3.8) is 0 Å². The fraction of sp³-hybridized carbons (Fsp3) is 0.400. The number of aromatic nitrogens is 1. The van der Waals surface area contributed by atoms with E-state index < -0.39 is 0 Å². The van der Waals surface area contributed by atoms with Gasteiger partial charge in [0.2, 0.25) is 0 Å². The number of para-hydroxylation sites is 1. The maximum absolute atomic E-state index is 6.28. The highest BCUT2D eigenvalue weighted by molar-refractivity contribution is 7.15. The third kappa shape index (κ3) is 3.31. The molecular formula is C15H19ClN4S. The summed E-state index contributed by atoms with van der Waals surface area (Å²) >= 11 is 8.05. The second kappa shape index (κ2) is 6.64. The van der Waals surface area contributed by atoms with E-state index in [4.69, 9.17) is 11.6 Å². The molecule has 2 aromatic rings. The number of nitrogens with one attached hydrogen (secondary N) is 1. The molecule has 0 aliphatic carbocycles. The van der Waals surface area contributed by atoms with E-state index in [1.807, 2.05) is 31.4 Å². The number of hydrogen-bond donors (Lipinski definition) is 1. The minimum atomic E-state index is 0.830. The molecule has 1 aliphatic heterocycles. The summed E-state index contributed by atoms with van der Waals surface area (Å²) in [7, 11) is 1.96. The Balaban J connectivity index is 1.63. The molecule has 2 heterocycles. The van der Waals surface area contributed by atoms with E-state index in [1.165, 1.54) is 4.88 Å². The predicted octanol–water partition coefficient (Wildman–Crippen LogP) is 2.84. The highest BCUT2D eigenvalue weighted by Gasteiger charge is 2.20. The minimum absolute atomic E-state index is 0.830. The van der Waals surface area contributed by atoms with Gasteiger partial charge in [0.1, 0.15) is 0 Å². The lowest BCUT2D eigenvalue weighted by molar-refractivity contribution is 0.652. The van der Waals surface area contributed by atoms with Gasteiger partial charge in [0.15, 0.2) is 5.13 Å². The number of benzene rings is 1. The van der Waals surface area contributed by atoms with Crippen molar-refractivity contribution in [3.8, 4) is 0 Å². The number of piperazine rings is 1. The van der Waals surface area contributed by atoms with E-state index in [0.29, 0.717) is 0 Å². The lowest BCUT2D eigenvalue weighted by Gasteiger charge is -2.36.